The zero-order valence-electron chi connectivity index (χ0n) is 6.89. The number of rotatable bonds is 0. The van der Waals surface area contributed by atoms with E-state index < -0.39 is 0 Å². The number of nitrogens with two attached hydrogens (primary N) is 1. The fourth-order valence-electron chi connectivity index (χ4n) is 1.43. The lowest BCUT2D eigenvalue weighted by atomic mass is 10.0. The standard InChI is InChI=1S/C9H9Br2NO/c10-6-2-1-5-7(12)3-4-13-9(5)8(6)11/h1-2,7H,3-4,12H2/t7-/m1/s1. The van der Waals surface area contributed by atoms with E-state index in [9.17, 15) is 0 Å². The molecule has 70 valence electrons. The molecule has 4 heteroatoms. The molecular weight excluding hydrogens is 298 g/mol. The first-order valence-corrected chi connectivity index (χ1v) is 5.65. The van der Waals surface area contributed by atoms with Gasteiger partial charge in [-0.05, 0) is 37.9 Å². The highest BCUT2D eigenvalue weighted by Crippen LogP contribution is 2.40. The van der Waals surface area contributed by atoms with Crippen molar-refractivity contribution in [1.82, 2.24) is 0 Å². The molecule has 0 amide bonds. The third-order valence-corrected chi connectivity index (χ3v) is 4.14. The summed E-state index contributed by atoms with van der Waals surface area (Å²) >= 11 is 6.89. The predicted octanol–water partition coefficient (Wildman–Crippen LogP) is 2.99. The summed E-state index contributed by atoms with van der Waals surface area (Å²) in [7, 11) is 0. The summed E-state index contributed by atoms with van der Waals surface area (Å²) in [6.45, 7) is 0.698. The maximum Gasteiger partial charge on any atom is 0.139 e. The average molecular weight is 307 g/mol. The van der Waals surface area contributed by atoms with Crippen LogP contribution in [-0.2, 0) is 0 Å². The SMILES string of the molecule is N[C@@H]1CCOc2c1ccc(Br)c2Br. The van der Waals surface area contributed by atoms with Crippen LogP contribution in [0, 0.1) is 0 Å². The van der Waals surface area contributed by atoms with Gasteiger partial charge in [-0.25, -0.2) is 0 Å². The second-order valence-electron chi connectivity index (χ2n) is 3.02. The second kappa shape index (κ2) is 3.59. The number of halogens is 2. The Hall–Kier alpha value is -0.0600. The van der Waals surface area contributed by atoms with E-state index in [-0.39, 0.29) is 6.04 Å². The molecule has 0 aromatic heterocycles. The summed E-state index contributed by atoms with van der Waals surface area (Å²) in [6.07, 6.45) is 0.890. The highest BCUT2D eigenvalue weighted by molar-refractivity contribution is 9.13. The first-order chi connectivity index (χ1) is 6.20. The molecule has 1 aromatic carbocycles. The predicted molar refractivity (Wildman–Crippen MR) is 58.9 cm³/mol. The normalized spacial score (nSPS) is 20.7. The van der Waals surface area contributed by atoms with Gasteiger partial charge >= 0.3 is 0 Å². The van der Waals surface area contributed by atoms with E-state index in [1.165, 1.54) is 0 Å². The number of fused-ring (bicyclic) bond motifs is 1. The van der Waals surface area contributed by atoms with E-state index in [0.29, 0.717) is 6.61 Å². The van der Waals surface area contributed by atoms with Gasteiger partial charge in [0.1, 0.15) is 5.75 Å². The molecule has 0 radical (unpaired) electrons. The topological polar surface area (TPSA) is 35.2 Å². The van der Waals surface area contributed by atoms with Crippen molar-refractivity contribution in [2.45, 2.75) is 12.5 Å². The van der Waals surface area contributed by atoms with Gasteiger partial charge in [-0.3, -0.25) is 0 Å². The monoisotopic (exact) mass is 305 g/mol. The largest absolute Gasteiger partial charge is 0.492 e. The molecule has 1 aromatic rings. The van der Waals surface area contributed by atoms with Crippen molar-refractivity contribution in [1.29, 1.82) is 0 Å². The van der Waals surface area contributed by atoms with Crippen molar-refractivity contribution in [3.63, 3.8) is 0 Å². The van der Waals surface area contributed by atoms with E-state index >= 15 is 0 Å². The van der Waals surface area contributed by atoms with Crippen LogP contribution in [-0.4, -0.2) is 6.61 Å². The molecule has 0 aliphatic carbocycles. The molecular formula is C9H9Br2NO. The van der Waals surface area contributed by atoms with Gasteiger partial charge in [0.05, 0.1) is 11.1 Å². The number of benzene rings is 1. The second-order valence-corrected chi connectivity index (χ2v) is 4.67. The molecule has 0 saturated carbocycles. The third-order valence-electron chi connectivity index (χ3n) is 2.16. The first kappa shape index (κ1) is 9.49. The third kappa shape index (κ3) is 1.63. The lowest BCUT2D eigenvalue weighted by molar-refractivity contribution is 0.267. The van der Waals surface area contributed by atoms with Gasteiger partial charge < -0.3 is 10.5 Å². The van der Waals surface area contributed by atoms with Crippen LogP contribution in [0.3, 0.4) is 0 Å². The molecule has 0 spiro atoms. The zero-order chi connectivity index (χ0) is 9.42. The van der Waals surface area contributed by atoms with E-state index in [1.54, 1.807) is 0 Å². The molecule has 0 unspecified atom stereocenters. The van der Waals surface area contributed by atoms with Crippen LogP contribution in [0.5, 0.6) is 5.75 Å². The molecule has 1 aliphatic rings. The van der Waals surface area contributed by atoms with Crippen molar-refractivity contribution in [2.24, 2.45) is 5.73 Å². The Kier molecular flexibility index (Phi) is 2.62. The van der Waals surface area contributed by atoms with Crippen LogP contribution < -0.4 is 10.5 Å². The molecule has 0 fully saturated rings. The average Bonchev–Trinajstić information content (AvgIpc) is 2.12. The van der Waals surface area contributed by atoms with E-state index in [0.717, 1.165) is 26.7 Å². The lowest BCUT2D eigenvalue weighted by Crippen LogP contribution is -2.20. The van der Waals surface area contributed by atoms with Crippen molar-refractivity contribution < 1.29 is 4.74 Å². The molecule has 1 heterocycles. The highest BCUT2D eigenvalue weighted by atomic mass is 79.9. The van der Waals surface area contributed by atoms with Crippen molar-refractivity contribution in [3.05, 3.63) is 26.6 Å². The maximum absolute atomic E-state index is 5.95. The van der Waals surface area contributed by atoms with Gasteiger partial charge in [-0.15, -0.1) is 0 Å². The summed E-state index contributed by atoms with van der Waals surface area (Å²) in [4.78, 5) is 0. The molecule has 2 rings (SSSR count). The lowest BCUT2D eigenvalue weighted by Gasteiger charge is -2.24. The maximum atomic E-state index is 5.95. The minimum absolute atomic E-state index is 0.105. The molecule has 13 heavy (non-hydrogen) atoms. The van der Waals surface area contributed by atoms with Gasteiger partial charge in [0.2, 0.25) is 0 Å². The number of hydrogen-bond acceptors (Lipinski definition) is 2. The fourth-order valence-corrected chi connectivity index (χ4v) is 2.22. The zero-order valence-corrected chi connectivity index (χ0v) is 10.1. The van der Waals surface area contributed by atoms with E-state index in [2.05, 4.69) is 31.9 Å². The van der Waals surface area contributed by atoms with Crippen LogP contribution in [0.15, 0.2) is 21.1 Å². The van der Waals surface area contributed by atoms with Crippen LogP contribution >= 0.6 is 31.9 Å². The Morgan fingerprint density at radius 2 is 2.15 bits per heavy atom. The number of ether oxygens (including phenoxy) is 1. The Balaban J connectivity index is 2.56. The Labute approximate surface area is 93.7 Å². The minimum Gasteiger partial charge on any atom is -0.492 e. The highest BCUT2D eigenvalue weighted by Gasteiger charge is 2.21. The van der Waals surface area contributed by atoms with E-state index in [4.69, 9.17) is 10.5 Å². The Morgan fingerprint density at radius 1 is 1.38 bits per heavy atom. The molecule has 2 nitrogen and oxygen atoms in total. The van der Waals surface area contributed by atoms with Crippen molar-refractivity contribution in [3.8, 4) is 5.75 Å². The van der Waals surface area contributed by atoms with Crippen LogP contribution in [0.25, 0.3) is 0 Å². The van der Waals surface area contributed by atoms with Crippen LogP contribution in [0.1, 0.15) is 18.0 Å². The Bertz CT molecular complexity index is 341. The number of hydrogen-bond donors (Lipinski definition) is 1. The van der Waals surface area contributed by atoms with Gasteiger partial charge in [0.15, 0.2) is 0 Å². The summed E-state index contributed by atoms with van der Waals surface area (Å²) in [5.41, 5.74) is 7.03. The molecule has 0 saturated heterocycles. The summed E-state index contributed by atoms with van der Waals surface area (Å²) in [5.74, 6) is 0.883. The smallest absolute Gasteiger partial charge is 0.139 e. The first-order valence-electron chi connectivity index (χ1n) is 4.06. The molecule has 1 aliphatic heterocycles. The minimum atomic E-state index is 0.105. The van der Waals surface area contributed by atoms with Gasteiger partial charge in [0.25, 0.3) is 0 Å². The Morgan fingerprint density at radius 3 is 2.92 bits per heavy atom. The van der Waals surface area contributed by atoms with Crippen LogP contribution in [0.2, 0.25) is 0 Å². The summed E-state index contributed by atoms with van der Waals surface area (Å²) in [6, 6.07) is 4.10. The van der Waals surface area contributed by atoms with Crippen LogP contribution in [0.4, 0.5) is 0 Å². The summed E-state index contributed by atoms with van der Waals surface area (Å²) in [5, 5.41) is 0. The van der Waals surface area contributed by atoms with Gasteiger partial charge in [-0.2, -0.15) is 0 Å². The van der Waals surface area contributed by atoms with Gasteiger partial charge in [-0.1, -0.05) is 6.07 Å². The molecule has 1 atom stereocenters. The van der Waals surface area contributed by atoms with Crippen molar-refractivity contribution in [2.75, 3.05) is 6.61 Å². The van der Waals surface area contributed by atoms with E-state index in [1.807, 2.05) is 12.1 Å². The summed E-state index contributed by atoms with van der Waals surface area (Å²) < 4.78 is 7.51. The quantitative estimate of drug-likeness (QED) is 0.800. The fraction of sp³-hybridized carbons (Fsp3) is 0.333. The van der Waals surface area contributed by atoms with Crippen molar-refractivity contribution >= 4 is 31.9 Å². The molecule has 2 N–H and O–H groups in total. The van der Waals surface area contributed by atoms with Gasteiger partial charge in [0, 0.05) is 22.5 Å². The molecule has 0 bridgehead atoms.